The molecule has 0 aromatic heterocycles. The van der Waals surface area contributed by atoms with E-state index in [1.807, 2.05) is 0 Å². The van der Waals surface area contributed by atoms with Crippen LogP contribution in [0.4, 0.5) is 0 Å². The Hall–Kier alpha value is -0.0800. The van der Waals surface area contributed by atoms with E-state index >= 15 is 0 Å². The van der Waals surface area contributed by atoms with Crippen molar-refractivity contribution in [3.63, 3.8) is 0 Å². The molecule has 2 rings (SSSR count). The zero-order chi connectivity index (χ0) is 12.4. The summed E-state index contributed by atoms with van der Waals surface area (Å²) in [5.74, 6) is 0. The van der Waals surface area contributed by atoms with Gasteiger partial charge in [0.1, 0.15) is 0 Å². The van der Waals surface area contributed by atoms with E-state index in [2.05, 4.69) is 19.2 Å². The maximum absolute atomic E-state index is 9.20. The topological polar surface area (TPSA) is 32.3 Å². The second-order valence-electron chi connectivity index (χ2n) is 6.55. The first-order valence-electron chi connectivity index (χ1n) is 7.53. The highest BCUT2D eigenvalue weighted by molar-refractivity contribution is 5.04. The van der Waals surface area contributed by atoms with Gasteiger partial charge in [-0.25, -0.2) is 0 Å². The summed E-state index contributed by atoms with van der Waals surface area (Å²) >= 11 is 0. The molecule has 17 heavy (non-hydrogen) atoms. The SMILES string of the molecule is CCC(C)(CCO)NC1CCC12CCCCC2. The lowest BCUT2D eigenvalue weighted by Gasteiger charge is -2.55. The van der Waals surface area contributed by atoms with Crippen LogP contribution < -0.4 is 5.32 Å². The second kappa shape index (κ2) is 5.27. The molecule has 2 nitrogen and oxygen atoms in total. The second-order valence-corrected chi connectivity index (χ2v) is 6.55. The lowest BCUT2D eigenvalue weighted by atomic mass is 9.57. The van der Waals surface area contributed by atoms with Gasteiger partial charge in [0.2, 0.25) is 0 Å². The summed E-state index contributed by atoms with van der Waals surface area (Å²) in [4.78, 5) is 0. The molecular formula is C15H29NO. The number of hydrogen-bond donors (Lipinski definition) is 2. The van der Waals surface area contributed by atoms with Crippen molar-refractivity contribution in [2.24, 2.45) is 5.41 Å². The van der Waals surface area contributed by atoms with E-state index in [0.717, 1.165) is 18.9 Å². The average Bonchev–Trinajstić information content (AvgIpc) is 2.36. The lowest BCUT2D eigenvalue weighted by molar-refractivity contribution is 0.00128. The summed E-state index contributed by atoms with van der Waals surface area (Å²) in [6, 6.07) is 0.722. The Labute approximate surface area is 106 Å². The van der Waals surface area contributed by atoms with E-state index < -0.39 is 0 Å². The molecule has 0 saturated heterocycles. The Bertz CT molecular complexity index is 247. The van der Waals surface area contributed by atoms with Crippen molar-refractivity contribution in [3.05, 3.63) is 0 Å². The molecule has 2 N–H and O–H groups in total. The Balaban J connectivity index is 1.94. The van der Waals surface area contributed by atoms with E-state index in [-0.39, 0.29) is 5.54 Å². The number of aliphatic hydroxyl groups is 1. The fourth-order valence-corrected chi connectivity index (χ4v) is 3.79. The molecule has 0 aromatic carbocycles. The van der Waals surface area contributed by atoms with Crippen LogP contribution >= 0.6 is 0 Å². The van der Waals surface area contributed by atoms with Crippen molar-refractivity contribution < 1.29 is 5.11 Å². The van der Waals surface area contributed by atoms with Crippen LogP contribution in [0.25, 0.3) is 0 Å². The van der Waals surface area contributed by atoms with E-state index in [0.29, 0.717) is 12.0 Å². The normalized spacial score (nSPS) is 30.9. The first-order valence-corrected chi connectivity index (χ1v) is 7.53. The minimum Gasteiger partial charge on any atom is -0.396 e. The third-order valence-corrected chi connectivity index (χ3v) is 5.49. The molecule has 100 valence electrons. The summed E-state index contributed by atoms with van der Waals surface area (Å²) in [6.45, 7) is 4.81. The summed E-state index contributed by atoms with van der Waals surface area (Å²) in [7, 11) is 0. The third-order valence-electron chi connectivity index (χ3n) is 5.49. The Morgan fingerprint density at radius 1 is 1.24 bits per heavy atom. The van der Waals surface area contributed by atoms with Crippen LogP contribution in [0.5, 0.6) is 0 Å². The largest absolute Gasteiger partial charge is 0.396 e. The van der Waals surface area contributed by atoms with E-state index in [1.54, 1.807) is 0 Å². The molecule has 2 saturated carbocycles. The van der Waals surface area contributed by atoms with Crippen LogP contribution in [0.3, 0.4) is 0 Å². The Morgan fingerprint density at radius 2 is 1.94 bits per heavy atom. The molecule has 0 aromatic rings. The molecule has 2 unspecified atom stereocenters. The number of rotatable bonds is 5. The van der Waals surface area contributed by atoms with Gasteiger partial charge in [0.15, 0.2) is 0 Å². The Kier molecular flexibility index (Phi) is 4.14. The molecule has 2 heteroatoms. The van der Waals surface area contributed by atoms with Gasteiger partial charge in [-0.2, -0.15) is 0 Å². The van der Waals surface area contributed by atoms with Crippen molar-refractivity contribution in [2.45, 2.75) is 83.2 Å². The van der Waals surface area contributed by atoms with Crippen LogP contribution in [-0.2, 0) is 0 Å². The Morgan fingerprint density at radius 3 is 2.41 bits per heavy atom. The first kappa shape index (κ1) is 13.4. The fraction of sp³-hybridized carbons (Fsp3) is 1.00. The number of nitrogens with one attached hydrogen (secondary N) is 1. The van der Waals surface area contributed by atoms with Crippen LogP contribution in [0.1, 0.15) is 71.6 Å². The van der Waals surface area contributed by atoms with Gasteiger partial charge in [-0.15, -0.1) is 0 Å². The molecule has 0 heterocycles. The fourth-order valence-electron chi connectivity index (χ4n) is 3.79. The molecule has 0 aliphatic heterocycles. The minimum absolute atomic E-state index is 0.143. The quantitative estimate of drug-likeness (QED) is 0.772. The van der Waals surface area contributed by atoms with Gasteiger partial charge in [-0.1, -0.05) is 26.2 Å². The molecule has 1 spiro atoms. The van der Waals surface area contributed by atoms with E-state index in [1.165, 1.54) is 44.9 Å². The van der Waals surface area contributed by atoms with Crippen molar-refractivity contribution in [1.29, 1.82) is 0 Å². The standard InChI is InChI=1S/C15H29NO/c1-3-14(2,11-12-17)16-13-7-10-15(13)8-5-4-6-9-15/h13,16-17H,3-12H2,1-2H3. The first-order chi connectivity index (χ1) is 8.14. The molecule has 0 amide bonds. The maximum atomic E-state index is 9.20. The molecule has 2 atom stereocenters. The monoisotopic (exact) mass is 239 g/mol. The maximum Gasteiger partial charge on any atom is 0.0448 e. The van der Waals surface area contributed by atoms with Crippen molar-refractivity contribution in [2.75, 3.05) is 6.61 Å². The van der Waals surface area contributed by atoms with Crippen LogP contribution in [0.15, 0.2) is 0 Å². The van der Waals surface area contributed by atoms with E-state index in [4.69, 9.17) is 0 Å². The van der Waals surface area contributed by atoms with Crippen molar-refractivity contribution >= 4 is 0 Å². The summed E-state index contributed by atoms with van der Waals surface area (Å²) < 4.78 is 0. The lowest BCUT2D eigenvalue weighted by Crippen LogP contribution is -2.60. The molecule has 2 aliphatic rings. The van der Waals surface area contributed by atoms with Gasteiger partial charge in [-0.3, -0.25) is 0 Å². The smallest absolute Gasteiger partial charge is 0.0448 e. The minimum atomic E-state index is 0.143. The predicted octanol–water partition coefficient (Wildman–Crippen LogP) is 3.24. The summed E-state index contributed by atoms with van der Waals surface area (Å²) in [6.07, 6.45) is 12.0. The highest BCUT2D eigenvalue weighted by Gasteiger charge is 2.48. The number of aliphatic hydroxyl groups excluding tert-OH is 1. The predicted molar refractivity (Wildman–Crippen MR) is 72.1 cm³/mol. The summed E-state index contributed by atoms with van der Waals surface area (Å²) in [5, 5.41) is 13.1. The molecule has 2 fully saturated rings. The molecule has 2 aliphatic carbocycles. The molecule has 0 radical (unpaired) electrons. The van der Waals surface area contributed by atoms with Gasteiger partial charge in [0.25, 0.3) is 0 Å². The van der Waals surface area contributed by atoms with E-state index in [9.17, 15) is 5.11 Å². The highest BCUT2D eigenvalue weighted by atomic mass is 16.3. The zero-order valence-corrected chi connectivity index (χ0v) is 11.6. The zero-order valence-electron chi connectivity index (χ0n) is 11.6. The average molecular weight is 239 g/mol. The summed E-state index contributed by atoms with van der Waals surface area (Å²) in [5.41, 5.74) is 0.772. The highest BCUT2D eigenvalue weighted by Crippen LogP contribution is 2.52. The van der Waals surface area contributed by atoms with Gasteiger partial charge in [0, 0.05) is 18.2 Å². The van der Waals surface area contributed by atoms with Gasteiger partial charge < -0.3 is 10.4 Å². The number of hydrogen-bond acceptors (Lipinski definition) is 2. The third kappa shape index (κ3) is 2.68. The van der Waals surface area contributed by atoms with Gasteiger partial charge in [0.05, 0.1) is 0 Å². The van der Waals surface area contributed by atoms with Gasteiger partial charge in [-0.05, 0) is 50.9 Å². The van der Waals surface area contributed by atoms with Crippen LogP contribution in [-0.4, -0.2) is 23.3 Å². The van der Waals surface area contributed by atoms with Crippen molar-refractivity contribution in [3.8, 4) is 0 Å². The van der Waals surface area contributed by atoms with Crippen LogP contribution in [0.2, 0.25) is 0 Å². The van der Waals surface area contributed by atoms with Crippen LogP contribution in [0, 0.1) is 5.41 Å². The molecular weight excluding hydrogens is 210 g/mol. The van der Waals surface area contributed by atoms with Crippen molar-refractivity contribution in [1.82, 2.24) is 5.32 Å². The van der Waals surface area contributed by atoms with Gasteiger partial charge >= 0.3 is 0 Å². The molecule has 0 bridgehead atoms.